The number of rotatable bonds is 5. The van der Waals surface area contributed by atoms with Crippen molar-refractivity contribution in [3.63, 3.8) is 0 Å². The van der Waals surface area contributed by atoms with E-state index in [-0.39, 0.29) is 6.03 Å². The zero-order valence-electron chi connectivity index (χ0n) is 12.9. The van der Waals surface area contributed by atoms with Crippen molar-refractivity contribution in [1.29, 1.82) is 0 Å². The highest BCUT2D eigenvalue weighted by Gasteiger charge is 2.05. The third-order valence-corrected chi connectivity index (χ3v) is 3.88. The summed E-state index contributed by atoms with van der Waals surface area (Å²) in [6.07, 6.45) is 3.63. The van der Waals surface area contributed by atoms with Crippen LogP contribution in [0, 0.1) is 0 Å². The molecule has 3 aromatic rings. The van der Waals surface area contributed by atoms with Gasteiger partial charge in [-0.1, -0.05) is 48.0 Å². The van der Waals surface area contributed by atoms with Crippen LogP contribution in [0.4, 0.5) is 4.79 Å². The third kappa shape index (κ3) is 4.14. The fourth-order valence-corrected chi connectivity index (χ4v) is 2.44. The molecule has 2 N–H and O–H groups in total. The molecule has 122 valence electrons. The summed E-state index contributed by atoms with van der Waals surface area (Å²) >= 11 is 6.06. The summed E-state index contributed by atoms with van der Waals surface area (Å²) in [5, 5.41) is 10.5. The monoisotopic (exact) mass is 340 g/mol. The first kappa shape index (κ1) is 16.1. The van der Waals surface area contributed by atoms with E-state index in [4.69, 9.17) is 11.6 Å². The van der Waals surface area contributed by atoms with Gasteiger partial charge in [-0.15, -0.1) is 0 Å². The highest BCUT2D eigenvalue weighted by molar-refractivity contribution is 6.31. The van der Waals surface area contributed by atoms with Gasteiger partial charge in [0, 0.05) is 29.9 Å². The van der Waals surface area contributed by atoms with Gasteiger partial charge in [0.2, 0.25) is 0 Å². The van der Waals surface area contributed by atoms with Gasteiger partial charge in [0.1, 0.15) is 0 Å². The Kier molecular flexibility index (Phi) is 5.13. The number of para-hydroxylation sites is 1. The highest BCUT2D eigenvalue weighted by atomic mass is 35.5. The van der Waals surface area contributed by atoms with E-state index in [1.54, 1.807) is 16.9 Å². The standard InChI is InChI=1S/C18H17ClN4O/c19-17-9-5-4-6-15(17)12-21-18(24)20-10-14-11-22-23(13-14)16-7-2-1-3-8-16/h1-9,11,13H,10,12H2,(H2,20,21,24). The van der Waals surface area contributed by atoms with Crippen LogP contribution >= 0.6 is 11.6 Å². The summed E-state index contributed by atoms with van der Waals surface area (Å²) in [4.78, 5) is 11.9. The number of hydrogen-bond donors (Lipinski definition) is 2. The second kappa shape index (κ2) is 7.66. The van der Waals surface area contributed by atoms with E-state index >= 15 is 0 Å². The molecule has 24 heavy (non-hydrogen) atoms. The molecule has 0 unspecified atom stereocenters. The molecule has 0 aliphatic rings. The first-order chi connectivity index (χ1) is 11.7. The van der Waals surface area contributed by atoms with Gasteiger partial charge >= 0.3 is 6.03 Å². The zero-order chi connectivity index (χ0) is 16.8. The Hall–Kier alpha value is -2.79. The smallest absolute Gasteiger partial charge is 0.315 e. The summed E-state index contributed by atoms with van der Waals surface area (Å²) in [5.41, 5.74) is 2.78. The number of nitrogens with one attached hydrogen (secondary N) is 2. The number of halogens is 1. The molecule has 2 aromatic carbocycles. The maximum Gasteiger partial charge on any atom is 0.315 e. The molecule has 1 aromatic heterocycles. The van der Waals surface area contributed by atoms with E-state index in [1.165, 1.54) is 0 Å². The van der Waals surface area contributed by atoms with Crippen LogP contribution in [0.25, 0.3) is 5.69 Å². The normalized spacial score (nSPS) is 10.4. The molecule has 0 spiro atoms. The van der Waals surface area contributed by atoms with Crippen LogP contribution in [0.1, 0.15) is 11.1 Å². The minimum atomic E-state index is -0.248. The van der Waals surface area contributed by atoms with Crippen LogP contribution in [0.3, 0.4) is 0 Å². The van der Waals surface area contributed by atoms with Gasteiger partial charge in [0.15, 0.2) is 0 Å². The molecule has 6 heteroatoms. The van der Waals surface area contributed by atoms with Crippen molar-refractivity contribution in [2.24, 2.45) is 0 Å². The number of amides is 2. The predicted molar refractivity (Wildman–Crippen MR) is 94.1 cm³/mol. The average molecular weight is 341 g/mol. The number of carbonyl (C=O) groups is 1. The number of nitrogens with zero attached hydrogens (tertiary/aromatic N) is 2. The van der Waals surface area contributed by atoms with E-state index in [2.05, 4.69) is 15.7 Å². The zero-order valence-corrected chi connectivity index (χ0v) is 13.7. The van der Waals surface area contributed by atoms with Gasteiger partial charge in [0.25, 0.3) is 0 Å². The lowest BCUT2D eigenvalue weighted by molar-refractivity contribution is 0.240. The molecule has 0 radical (unpaired) electrons. The summed E-state index contributed by atoms with van der Waals surface area (Å²) in [5.74, 6) is 0. The molecule has 0 bridgehead atoms. The molecule has 3 rings (SSSR count). The molecule has 0 saturated heterocycles. The predicted octanol–water partition coefficient (Wildman–Crippen LogP) is 3.53. The molecule has 1 heterocycles. The van der Waals surface area contributed by atoms with Crippen LogP contribution < -0.4 is 10.6 Å². The van der Waals surface area contributed by atoms with Crippen molar-refractivity contribution in [2.45, 2.75) is 13.1 Å². The van der Waals surface area contributed by atoms with Crippen LogP contribution in [0.5, 0.6) is 0 Å². The van der Waals surface area contributed by atoms with Gasteiger partial charge in [-0.2, -0.15) is 5.10 Å². The topological polar surface area (TPSA) is 59.0 Å². The Bertz CT molecular complexity index is 817. The van der Waals surface area contributed by atoms with Gasteiger partial charge in [-0.3, -0.25) is 0 Å². The Morgan fingerprint density at radius 3 is 2.50 bits per heavy atom. The van der Waals surface area contributed by atoms with Gasteiger partial charge < -0.3 is 10.6 Å². The second-order valence-corrected chi connectivity index (χ2v) is 5.66. The Morgan fingerprint density at radius 2 is 1.71 bits per heavy atom. The molecule has 0 atom stereocenters. The van der Waals surface area contributed by atoms with Crippen LogP contribution in [-0.4, -0.2) is 15.8 Å². The van der Waals surface area contributed by atoms with Gasteiger partial charge in [-0.05, 0) is 23.8 Å². The van der Waals surface area contributed by atoms with E-state index in [9.17, 15) is 4.79 Å². The summed E-state index contributed by atoms with van der Waals surface area (Å²) in [6, 6.07) is 17.0. The molecule has 0 saturated carbocycles. The lowest BCUT2D eigenvalue weighted by atomic mass is 10.2. The number of benzene rings is 2. The van der Waals surface area contributed by atoms with Crippen molar-refractivity contribution in [2.75, 3.05) is 0 Å². The van der Waals surface area contributed by atoms with E-state index in [0.29, 0.717) is 18.1 Å². The van der Waals surface area contributed by atoms with Crippen LogP contribution in [0.15, 0.2) is 67.0 Å². The van der Waals surface area contributed by atoms with Gasteiger partial charge in [-0.25, -0.2) is 9.48 Å². The summed E-state index contributed by atoms with van der Waals surface area (Å²) < 4.78 is 1.78. The maximum absolute atomic E-state index is 11.9. The number of hydrogen-bond acceptors (Lipinski definition) is 2. The first-order valence-corrected chi connectivity index (χ1v) is 7.94. The lowest BCUT2D eigenvalue weighted by Crippen LogP contribution is -2.34. The summed E-state index contributed by atoms with van der Waals surface area (Å²) in [7, 11) is 0. The molecular weight excluding hydrogens is 324 g/mol. The van der Waals surface area contributed by atoms with Crippen molar-refractivity contribution in [1.82, 2.24) is 20.4 Å². The van der Waals surface area contributed by atoms with E-state index < -0.39 is 0 Å². The largest absolute Gasteiger partial charge is 0.334 e. The van der Waals surface area contributed by atoms with Crippen LogP contribution in [-0.2, 0) is 13.1 Å². The Morgan fingerprint density at radius 1 is 1.00 bits per heavy atom. The van der Waals surface area contributed by atoms with Gasteiger partial charge in [0.05, 0.1) is 11.9 Å². The molecule has 5 nitrogen and oxygen atoms in total. The highest BCUT2D eigenvalue weighted by Crippen LogP contribution is 2.14. The SMILES string of the molecule is O=C(NCc1cnn(-c2ccccc2)c1)NCc1ccccc1Cl. The minimum Gasteiger partial charge on any atom is -0.334 e. The second-order valence-electron chi connectivity index (χ2n) is 5.26. The fourth-order valence-electron chi connectivity index (χ4n) is 2.24. The van der Waals surface area contributed by atoms with Crippen LogP contribution in [0.2, 0.25) is 5.02 Å². The minimum absolute atomic E-state index is 0.248. The third-order valence-electron chi connectivity index (χ3n) is 3.51. The molecule has 0 aliphatic carbocycles. The molecule has 0 aliphatic heterocycles. The molecular formula is C18H17ClN4O. The Balaban J connectivity index is 1.50. The summed E-state index contributed by atoms with van der Waals surface area (Å²) in [6.45, 7) is 0.788. The molecule has 2 amide bonds. The van der Waals surface area contributed by atoms with Crippen molar-refractivity contribution < 1.29 is 4.79 Å². The maximum atomic E-state index is 11.9. The quantitative estimate of drug-likeness (QED) is 0.746. The fraction of sp³-hybridized carbons (Fsp3) is 0.111. The Labute approximate surface area is 145 Å². The van der Waals surface area contributed by atoms with E-state index in [0.717, 1.165) is 16.8 Å². The average Bonchev–Trinajstić information content (AvgIpc) is 3.09. The number of carbonyl (C=O) groups excluding carboxylic acids is 1. The van der Waals surface area contributed by atoms with Crippen molar-refractivity contribution in [3.05, 3.63) is 83.1 Å². The lowest BCUT2D eigenvalue weighted by Gasteiger charge is -2.08. The number of aromatic nitrogens is 2. The van der Waals surface area contributed by atoms with Crippen molar-refractivity contribution in [3.8, 4) is 5.69 Å². The van der Waals surface area contributed by atoms with Crippen molar-refractivity contribution >= 4 is 17.6 Å². The molecule has 0 fully saturated rings. The first-order valence-electron chi connectivity index (χ1n) is 7.56. The number of urea groups is 1. The van der Waals surface area contributed by atoms with E-state index in [1.807, 2.05) is 54.7 Å².